The minimum Gasteiger partial charge on any atom is -0.477 e. The number of aromatic nitrogens is 2. The molecule has 3 rings (SSSR count). The number of aromatic carboxylic acids is 1. The molecule has 0 aliphatic rings. The van der Waals surface area contributed by atoms with Gasteiger partial charge < -0.3 is 10.4 Å². The fourth-order valence-corrected chi connectivity index (χ4v) is 3.06. The summed E-state index contributed by atoms with van der Waals surface area (Å²) in [7, 11) is 0. The first-order chi connectivity index (χ1) is 10.6. The summed E-state index contributed by atoms with van der Waals surface area (Å²) in [5, 5.41) is 12.1. The second-order valence-electron chi connectivity index (χ2n) is 4.37. The number of nitrogens with one attached hydrogen (secondary N) is 1. The molecule has 22 heavy (non-hydrogen) atoms. The highest BCUT2D eigenvalue weighted by atomic mass is 79.9. The van der Waals surface area contributed by atoms with E-state index in [4.69, 9.17) is 5.11 Å². The molecule has 0 saturated heterocycles. The average Bonchev–Trinajstić information content (AvgIpc) is 2.97. The molecule has 2 aromatic heterocycles. The van der Waals surface area contributed by atoms with Gasteiger partial charge in [-0.2, -0.15) is 0 Å². The Morgan fingerprint density at radius 1 is 1.23 bits per heavy atom. The number of carbonyl (C=O) groups is 1. The van der Waals surface area contributed by atoms with Crippen molar-refractivity contribution in [1.29, 1.82) is 0 Å². The van der Waals surface area contributed by atoms with Crippen molar-refractivity contribution in [2.75, 3.05) is 5.32 Å². The van der Waals surface area contributed by atoms with Crippen molar-refractivity contribution in [3.05, 3.63) is 58.0 Å². The number of halogens is 1. The molecule has 110 valence electrons. The molecule has 0 radical (unpaired) electrons. The molecule has 0 aliphatic carbocycles. The molecule has 0 aliphatic heterocycles. The Balaban J connectivity index is 1.87. The van der Waals surface area contributed by atoms with Crippen LogP contribution in [0.25, 0.3) is 10.6 Å². The van der Waals surface area contributed by atoms with Gasteiger partial charge in [-0.3, -0.25) is 0 Å². The van der Waals surface area contributed by atoms with Crippen LogP contribution in [-0.2, 0) is 0 Å². The summed E-state index contributed by atoms with van der Waals surface area (Å²) in [5.74, 6) is -0.473. The first kappa shape index (κ1) is 14.7. The van der Waals surface area contributed by atoms with Gasteiger partial charge in [0.15, 0.2) is 0 Å². The number of anilines is 2. The van der Waals surface area contributed by atoms with Crippen LogP contribution >= 0.6 is 27.3 Å². The molecular weight excluding hydrogens is 366 g/mol. The van der Waals surface area contributed by atoms with Crippen LogP contribution in [0.15, 0.2) is 53.1 Å². The quantitative estimate of drug-likeness (QED) is 0.706. The number of thiophene rings is 1. The van der Waals surface area contributed by atoms with Gasteiger partial charge in [0, 0.05) is 16.4 Å². The van der Waals surface area contributed by atoms with Crippen molar-refractivity contribution in [2.45, 2.75) is 0 Å². The van der Waals surface area contributed by atoms with E-state index in [2.05, 4.69) is 31.2 Å². The van der Waals surface area contributed by atoms with Crippen LogP contribution in [0.2, 0.25) is 0 Å². The fraction of sp³-hybridized carbons (Fsp3) is 0. The normalized spacial score (nSPS) is 10.4. The monoisotopic (exact) mass is 375 g/mol. The molecule has 0 fully saturated rings. The Morgan fingerprint density at radius 3 is 2.82 bits per heavy atom. The Morgan fingerprint density at radius 2 is 2.09 bits per heavy atom. The van der Waals surface area contributed by atoms with Gasteiger partial charge in [-0.05, 0) is 36.4 Å². The maximum atomic E-state index is 10.9. The lowest BCUT2D eigenvalue weighted by Gasteiger charge is -2.06. The van der Waals surface area contributed by atoms with E-state index in [1.54, 1.807) is 24.4 Å². The van der Waals surface area contributed by atoms with Gasteiger partial charge in [0.1, 0.15) is 4.88 Å². The maximum Gasteiger partial charge on any atom is 0.345 e. The van der Waals surface area contributed by atoms with Crippen LogP contribution in [0.3, 0.4) is 0 Å². The molecule has 0 saturated carbocycles. The Kier molecular flexibility index (Phi) is 4.17. The van der Waals surface area contributed by atoms with Gasteiger partial charge in [-0.25, -0.2) is 14.8 Å². The van der Waals surface area contributed by atoms with Gasteiger partial charge in [0.2, 0.25) is 5.95 Å². The van der Waals surface area contributed by atoms with Crippen LogP contribution in [0.4, 0.5) is 11.6 Å². The van der Waals surface area contributed by atoms with Crippen LogP contribution in [0.5, 0.6) is 0 Å². The average molecular weight is 376 g/mol. The zero-order valence-electron chi connectivity index (χ0n) is 11.2. The summed E-state index contributed by atoms with van der Waals surface area (Å²) < 4.78 is 0.956. The molecule has 0 unspecified atom stereocenters. The second-order valence-corrected chi connectivity index (χ2v) is 6.37. The number of carboxylic acids is 1. The summed E-state index contributed by atoms with van der Waals surface area (Å²) in [6.07, 6.45) is 1.64. The predicted octanol–water partition coefficient (Wildman–Crippen LogP) is 4.41. The van der Waals surface area contributed by atoms with E-state index in [-0.39, 0.29) is 4.88 Å². The van der Waals surface area contributed by atoms with E-state index >= 15 is 0 Å². The number of hydrogen-bond donors (Lipinski definition) is 2. The van der Waals surface area contributed by atoms with Crippen LogP contribution < -0.4 is 5.32 Å². The predicted molar refractivity (Wildman–Crippen MR) is 89.7 cm³/mol. The van der Waals surface area contributed by atoms with Crippen LogP contribution in [-0.4, -0.2) is 21.0 Å². The van der Waals surface area contributed by atoms with E-state index in [1.165, 1.54) is 11.3 Å². The van der Waals surface area contributed by atoms with Crippen molar-refractivity contribution < 1.29 is 9.90 Å². The molecule has 5 nitrogen and oxygen atoms in total. The summed E-state index contributed by atoms with van der Waals surface area (Å²) >= 11 is 4.59. The molecule has 0 atom stereocenters. The number of carboxylic acid groups (broad SMARTS) is 1. The Labute approximate surface area is 138 Å². The first-order valence-corrected chi connectivity index (χ1v) is 7.92. The first-order valence-electron chi connectivity index (χ1n) is 6.31. The van der Waals surface area contributed by atoms with Gasteiger partial charge >= 0.3 is 5.97 Å². The highest BCUT2D eigenvalue weighted by Gasteiger charge is 2.10. The lowest BCUT2D eigenvalue weighted by Crippen LogP contribution is -1.97. The van der Waals surface area contributed by atoms with Crippen molar-refractivity contribution >= 4 is 44.9 Å². The van der Waals surface area contributed by atoms with Crippen molar-refractivity contribution in [3.8, 4) is 10.6 Å². The lowest BCUT2D eigenvalue weighted by molar-refractivity contribution is 0.0702. The second kappa shape index (κ2) is 6.25. The van der Waals surface area contributed by atoms with E-state index < -0.39 is 5.97 Å². The molecule has 0 amide bonds. The number of benzene rings is 1. The van der Waals surface area contributed by atoms with Crippen molar-refractivity contribution in [2.24, 2.45) is 0 Å². The molecule has 2 heterocycles. The van der Waals surface area contributed by atoms with Gasteiger partial charge in [-0.15, -0.1) is 11.3 Å². The summed E-state index contributed by atoms with van der Waals surface area (Å²) in [5.41, 5.74) is 1.55. The SMILES string of the molecule is O=C(O)c1ccc(-c2ccnc(Nc3cccc(Br)c3)n2)s1. The Hall–Kier alpha value is -2.25. The zero-order valence-corrected chi connectivity index (χ0v) is 13.6. The van der Waals surface area contributed by atoms with Crippen molar-refractivity contribution in [3.63, 3.8) is 0 Å². The van der Waals surface area contributed by atoms with Crippen LogP contribution in [0, 0.1) is 0 Å². The van der Waals surface area contributed by atoms with E-state index in [9.17, 15) is 4.79 Å². The molecular formula is C15H10BrN3O2S. The van der Waals surface area contributed by atoms with E-state index in [0.29, 0.717) is 11.6 Å². The van der Waals surface area contributed by atoms with Crippen LogP contribution in [0.1, 0.15) is 9.67 Å². The van der Waals surface area contributed by atoms with E-state index in [1.807, 2.05) is 24.3 Å². The van der Waals surface area contributed by atoms with E-state index in [0.717, 1.165) is 15.0 Å². The number of hydrogen-bond acceptors (Lipinski definition) is 5. The zero-order chi connectivity index (χ0) is 15.5. The molecule has 1 aromatic carbocycles. The topological polar surface area (TPSA) is 75.1 Å². The number of rotatable bonds is 4. The third kappa shape index (κ3) is 3.32. The highest BCUT2D eigenvalue weighted by molar-refractivity contribution is 9.10. The standard InChI is InChI=1S/C15H10BrN3O2S/c16-9-2-1-3-10(8-9)18-15-17-7-6-11(19-15)12-4-5-13(22-12)14(20)21/h1-8H,(H,20,21)(H,17,18,19). The van der Waals surface area contributed by atoms with Gasteiger partial charge in [0.05, 0.1) is 10.6 Å². The summed E-state index contributed by atoms with van der Waals surface area (Å²) in [6, 6.07) is 12.8. The molecule has 0 bridgehead atoms. The van der Waals surface area contributed by atoms with Crippen molar-refractivity contribution in [1.82, 2.24) is 9.97 Å². The molecule has 3 aromatic rings. The highest BCUT2D eigenvalue weighted by Crippen LogP contribution is 2.27. The minimum absolute atomic E-state index is 0.287. The summed E-state index contributed by atoms with van der Waals surface area (Å²) in [4.78, 5) is 20.6. The lowest BCUT2D eigenvalue weighted by atomic mass is 10.3. The maximum absolute atomic E-state index is 10.9. The Bertz CT molecular complexity index is 835. The van der Waals surface area contributed by atoms with Gasteiger partial charge in [0.25, 0.3) is 0 Å². The minimum atomic E-state index is -0.933. The fourth-order valence-electron chi connectivity index (χ4n) is 1.84. The number of nitrogens with zero attached hydrogens (tertiary/aromatic N) is 2. The molecule has 2 N–H and O–H groups in total. The van der Waals surface area contributed by atoms with Gasteiger partial charge in [-0.1, -0.05) is 22.0 Å². The third-order valence-corrected chi connectivity index (χ3v) is 4.39. The molecule has 7 heteroatoms. The largest absolute Gasteiger partial charge is 0.477 e. The third-order valence-electron chi connectivity index (χ3n) is 2.81. The molecule has 0 spiro atoms. The smallest absolute Gasteiger partial charge is 0.345 e. The summed E-state index contributed by atoms with van der Waals surface area (Å²) in [6.45, 7) is 0.